The van der Waals surface area contributed by atoms with E-state index in [9.17, 15) is 9.59 Å². The molecule has 0 saturated carbocycles. The minimum Gasteiger partial charge on any atom is -0.481 e. The van der Waals surface area contributed by atoms with Gasteiger partial charge in [-0.1, -0.05) is 23.8 Å². The molecule has 0 bridgehead atoms. The zero-order valence-corrected chi connectivity index (χ0v) is 7.80. The Bertz CT molecular complexity index is 314. The molecule has 2 atom stereocenters. The Kier molecular flexibility index (Phi) is 3.06. The van der Waals surface area contributed by atoms with Crippen molar-refractivity contribution in [3.63, 3.8) is 0 Å². The molecular weight excluding hydrogens is 184 g/mol. The summed E-state index contributed by atoms with van der Waals surface area (Å²) in [6.07, 6.45) is 5.21. The molecule has 2 unspecified atom stereocenters. The van der Waals surface area contributed by atoms with Gasteiger partial charge in [-0.15, -0.1) is 0 Å². The first kappa shape index (κ1) is 10.5. The first-order valence-electron chi connectivity index (χ1n) is 4.35. The summed E-state index contributed by atoms with van der Waals surface area (Å²) in [4.78, 5) is 21.5. The van der Waals surface area contributed by atoms with Gasteiger partial charge in [-0.3, -0.25) is 9.59 Å². The third-order valence-electron chi connectivity index (χ3n) is 2.38. The molecule has 14 heavy (non-hydrogen) atoms. The molecule has 1 aliphatic rings. The van der Waals surface area contributed by atoms with Crippen molar-refractivity contribution in [3.8, 4) is 0 Å². The predicted octanol–water partition coefficient (Wildman–Crippen LogP) is 1.29. The third-order valence-corrected chi connectivity index (χ3v) is 2.38. The van der Waals surface area contributed by atoms with Crippen molar-refractivity contribution in [1.29, 1.82) is 0 Å². The van der Waals surface area contributed by atoms with Gasteiger partial charge in [0.2, 0.25) is 0 Å². The van der Waals surface area contributed by atoms with Crippen molar-refractivity contribution < 1.29 is 19.8 Å². The van der Waals surface area contributed by atoms with Crippen LogP contribution in [0.5, 0.6) is 0 Å². The average Bonchev–Trinajstić information content (AvgIpc) is 2.16. The van der Waals surface area contributed by atoms with Gasteiger partial charge in [0, 0.05) is 0 Å². The average molecular weight is 196 g/mol. The zero-order valence-electron chi connectivity index (χ0n) is 7.80. The highest BCUT2D eigenvalue weighted by atomic mass is 16.4. The molecule has 0 aromatic rings. The summed E-state index contributed by atoms with van der Waals surface area (Å²) >= 11 is 0. The summed E-state index contributed by atoms with van der Waals surface area (Å²) < 4.78 is 0. The van der Waals surface area contributed by atoms with E-state index in [0.29, 0.717) is 6.42 Å². The lowest BCUT2D eigenvalue weighted by molar-refractivity contribution is -0.151. The Balaban J connectivity index is 2.95. The van der Waals surface area contributed by atoms with Gasteiger partial charge >= 0.3 is 11.9 Å². The van der Waals surface area contributed by atoms with E-state index in [-0.39, 0.29) is 0 Å². The van der Waals surface area contributed by atoms with Gasteiger partial charge in [0.25, 0.3) is 0 Å². The molecule has 0 saturated heterocycles. The SMILES string of the molecule is C/C=C1/C=CC(C(=O)O)C(C(=O)O)C1. The van der Waals surface area contributed by atoms with E-state index < -0.39 is 23.8 Å². The van der Waals surface area contributed by atoms with E-state index in [1.165, 1.54) is 6.08 Å². The number of allylic oxidation sites excluding steroid dienone is 3. The van der Waals surface area contributed by atoms with Crippen molar-refractivity contribution in [1.82, 2.24) is 0 Å². The molecule has 0 aliphatic heterocycles. The molecule has 0 radical (unpaired) electrons. The second-order valence-corrected chi connectivity index (χ2v) is 3.24. The van der Waals surface area contributed by atoms with Gasteiger partial charge in [-0.25, -0.2) is 0 Å². The van der Waals surface area contributed by atoms with Gasteiger partial charge in [-0.2, -0.15) is 0 Å². The lowest BCUT2D eigenvalue weighted by Gasteiger charge is -2.22. The minimum absolute atomic E-state index is 0.291. The molecule has 2 N–H and O–H groups in total. The van der Waals surface area contributed by atoms with Crippen molar-refractivity contribution in [3.05, 3.63) is 23.8 Å². The molecule has 0 spiro atoms. The van der Waals surface area contributed by atoms with Crippen LogP contribution in [0.15, 0.2) is 23.8 Å². The first-order valence-corrected chi connectivity index (χ1v) is 4.35. The summed E-state index contributed by atoms with van der Waals surface area (Å²) in [5.41, 5.74) is 0.870. The fourth-order valence-corrected chi connectivity index (χ4v) is 1.52. The number of carboxylic acid groups (broad SMARTS) is 2. The maximum Gasteiger partial charge on any atom is 0.311 e. The van der Waals surface area contributed by atoms with Crippen LogP contribution < -0.4 is 0 Å². The molecule has 0 heterocycles. The Morgan fingerprint density at radius 1 is 1.43 bits per heavy atom. The van der Waals surface area contributed by atoms with Crippen LogP contribution in [-0.2, 0) is 9.59 Å². The van der Waals surface area contributed by atoms with E-state index in [4.69, 9.17) is 10.2 Å². The molecule has 4 nitrogen and oxygen atoms in total. The molecule has 1 rings (SSSR count). The number of hydrogen-bond acceptors (Lipinski definition) is 2. The van der Waals surface area contributed by atoms with Crippen LogP contribution in [-0.4, -0.2) is 22.2 Å². The highest BCUT2D eigenvalue weighted by Gasteiger charge is 2.34. The van der Waals surface area contributed by atoms with Crippen LogP contribution in [0.4, 0.5) is 0 Å². The van der Waals surface area contributed by atoms with E-state index in [0.717, 1.165) is 5.57 Å². The first-order chi connectivity index (χ1) is 6.56. The normalized spacial score (nSPS) is 29.1. The van der Waals surface area contributed by atoms with Crippen LogP contribution in [0.25, 0.3) is 0 Å². The molecule has 76 valence electrons. The highest BCUT2D eigenvalue weighted by molar-refractivity contribution is 5.82. The van der Waals surface area contributed by atoms with Crippen LogP contribution in [0.3, 0.4) is 0 Å². The van der Waals surface area contributed by atoms with Gasteiger partial charge in [-0.05, 0) is 13.3 Å². The largest absolute Gasteiger partial charge is 0.481 e. The van der Waals surface area contributed by atoms with Crippen LogP contribution >= 0.6 is 0 Å². The third kappa shape index (κ3) is 2.02. The molecular formula is C10H12O4. The number of aliphatic carboxylic acids is 2. The number of hydrogen-bond donors (Lipinski definition) is 2. The van der Waals surface area contributed by atoms with Crippen molar-refractivity contribution in [2.75, 3.05) is 0 Å². The fraction of sp³-hybridized carbons (Fsp3) is 0.400. The molecule has 0 fully saturated rings. The standard InChI is InChI=1S/C10H12O4/c1-2-6-3-4-7(9(11)12)8(5-6)10(13)14/h2-4,7-8H,5H2,1H3,(H,11,12)(H,13,14)/b6-2-. The lowest BCUT2D eigenvalue weighted by Crippen LogP contribution is -2.30. The van der Waals surface area contributed by atoms with E-state index >= 15 is 0 Å². The van der Waals surface area contributed by atoms with Crippen molar-refractivity contribution >= 4 is 11.9 Å². The zero-order chi connectivity index (χ0) is 10.7. The molecule has 4 heteroatoms. The highest BCUT2D eigenvalue weighted by Crippen LogP contribution is 2.28. The van der Waals surface area contributed by atoms with Crippen LogP contribution in [0, 0.1) is 11.8 Å². The minimum atomic E-state index is -1.08. The topological polar surface area (TPSA) is 74.6 Å². The summed E-state index contributed by atoms with van der Waals surface area (Å²) in [7, 11) is 0. The van der Waals surface area contributed by atoms with Gasteiger partial charge < -0.3 is 10.2 Å². The molecule has 0 aromatic heterocycles. The Morgan fingerprint density at radius 3 is 2.50 bits per heavy atom. The molecule has 1 aliphatic carbocycles. The summed E-state index contributed by atoms with van der Waals surface area (Å²) in [6.45, 7) is 1.81. The van der Waals surface area contributed by atoms with E-state index in [1.807, 2.05) is 0 Å². The van der Waals surface area contributed by atoms with Crippen molar-refractivity contribution in [2.24, 2.45) is 11.8 Å². The molecule has 0 aromatic carbocycles. The lowest BCUT2D eigenvalue weighted by atomic mass is 9.82. The second-order valence-electron chi connectivity index (χ2n) is 3.24. The molecule has 0 amide bonds. The van der Waals surface area contributed by atoms with Crippen LogP contribution in [0.2, 0.25) is 0 Å². The Labute approximate surface area is 81.6 Å². The van der Waals surface area contributed by atoms with Gasteiger partial charge in [0.1, 0.15) is 0 Å². The van der Waals surface area contributed by atoms with Crippen LogP contribution in [0.1, 0.15) is 13.3 Å². The maximum absolute atomic E-state index is 10.8. The smallest absolute Gasteiger partial charge is 0.311 e. The fourth-order valence-electron chi connectivity index (χ4n) is 1.52. The van der Waals surface area contributed by atoms with Gasteiger partial charge in [0.05, 0.1) is 11.8 Å². The van der Waals surface area contributed by atoms with E-state index in [2.05, 4.69) is 0 Å². The van der Waals surface area contributed by atoms with Crippen molar-refractivity contribution in [2.45, 2.75) is 13.3 Å². The number of rotatable bonds is 2. The number of carboxylic acids is 2. The van der Waals surface area contributed by atoms with Gasteiger partial charge in [0.15, 0.2) is 0 Å². The maximum atomic E-state index is 10.8. The quantitative estimate of drug-likeness (QED) is 0.697. The van der Waals surface area contributed by atoms with E-state index in [1.54, 1.807) is 19.1 Å². The summed E-state index contributed by atoms with van der Waals surface area (Å²) in [5.74, 6) is -3.88. The predicted molar refractivity (Wildman–Crippen MR) is 49.8 cm³/mol. The summed E-state index contributed by atoms with van der Waals surface area (Å²) in [5, 5.41) is 17.6. The summed E-state index contributed by atoms with van der Waals surface area (Å²) in [6, 6.07) is 0. The monoisotopic (exact) mass is 196 g/mol. The Morgan fingerprint density at radius 2 is 2.07 bits per heavy atom. The Hall–Kier alpha value is -1.58. The second kappa shape index (κ2) is 4.09. The number of carbonyl (C=O) groups is 2.